The summed E-state index contributed by atoms with van der Waals surface area (Å²) in [5.74, 6) is -0.162. The van der Waals surface area contributed by atoms with Crippen molar-refractivity contribution in [1.82, 2.24) is 25.0 Å². The number of pyridine rings is 1. The number of carbonyl (C=O) groups excluding carboxylic acids is 1. The van der Waals surface area contributed by atoms with Crippen LogP contribution < -0.4 is 5.32 Å². The molecule has 2 aromatic rings. The zero-order valence-corrected chi connectivity index (χ0v) is 11.0. The van der Waals surface area contributed by atoms with Crippen LogP contribution in [0.3, 0.4) is 0 Å². The Balaban J connectivity index is 1.82. The van der Waals surface area contributed by atoms with E-state index in [0.29, 0.717) is 12.2 Å². The Labute approximate surface area is 121 Å². The van der Waals surface area contributed by atoms with E-state index < -0.39 is 0 Å². The highest BCUT2D eigenvalue weighted by molar-refractivity contribution is 5.88. The van der Waals surface area contributed by atoms with E-state index in [4.69, 9.17) is 5.26 Å². The second-order valence-electron chi connectivity index (χ2n) is 4.52. The Kier molecular flexibility index (Phi) is 3.35. The van der Waals surface area contributed by atoms with Gasteiger partial charge in [0, 0.05) is 37.4 Å². The number of aromatic nitrogens is 3. The summed E-state index contributed by atoms with van der Waals surface area (Å²) in [7, 11) is 0. The lowest BCUT2D eigenvalue weighted by molar-refractivity contribution is -0.120. The molecule has 1 N–H and O–H groups in total. The van der Waals surface area contributed by atoms with E-state index in [-0.39, 0.29) is 12.2 Å². The second kappa shape index (κ2) is 5.46. The van der Waals surface area contributed by atoms with Crippen LogP contribution in [0.2, 0.25) is 0 Å². The molecule has 7 heteroatoms. The molecular weight excluding hydrogens is 268 g/mol. The number of rotatable bonds is 3. The van der Waals surface area contributed by atoms with Gasteiger partial charge in [0.25, 0.3) is 0 Å². The number of nitrogens with one attached hydrogen (secondary N) is 1. The van der Waals surface area contributed by atoms with Gasteiger partial charge in [-0.2, -0.15) is 10.4 Å². The molecule has 0 spiro atoms. The Bertz CT molecular complexity index is 698. The number of amides is 1. The molecule has 1 aliphatic rings. The predicted octanol–water partition coefficient (Wildman–Crippen LogP) is 0.752. The second-order valence-corrected chi connectivity index (χ2v) is 4.52. The van der Waals surface area contributed by atoms with E-state index in [9.17, 15) is 4.79 Å². The van der Waals surface area contributed by atoms with E-state index in [1.54, 1.807) is 41.6 Å². The average Bonchev–Trinajstić information content (AvgIpc) is 3.04. The van der Waals surface area contributed by atoms with Crippen LogP contribution >= 0.6 is 0 Å². The Morgan fingerprint density at radius 2 is 2.33 bits per heavy atom. The van der Waals surface area contributed by atoms with Gasteiger partial charge in [0.1, 0.15) is 11.8 Å². The third-order valence-corrected chi connectivity index (χ3v) is 3.08. The van der Waals surface area contributed by atoms with Crippen LogP contribution in [0.25, 0.3) is 0 Å². The minimum absolute atomic E-state index is 0.162. The zero-order chi connectivity index (χ0) is 14.7. The van der Waals surface area contributed by atoms with Gasteiger partial charge in [0.05, 0.1) is 0 Å². The van der Waals surface area contributed by atoms with Crippen molar-refractivity contribution in [2.75, 3.05) is 0 Å². The van der Waals surface area contributed by atoms with Crippen molar-refractivity contribution in [3.8, 4) is 6.07 Å². The van der Waals surface area contributed by atoms with Gasteiger partial charge in [0.15, 0.2) is 0 Å². The topological polar surface area (TPSA) is 86.8 Å². The SMILES string of the molecule is N#Cc1ccc(CN2C=CC(=O)NC2n2cccn2)cn1. The van der Waals surface area contributed by atoms with Gasteiger partial charge in [0.2, 0.25) is 12.2 Å². The van der Waals surface area contributed by atoms with Crippen molar-refractivity contribution < 1.29 is 4.79 Å². The molecule has 7 nitrogen and oxygen atoms in total. The third kappa shape index (κ3) is 2.74. The molecule has 1 atom stereocenters. The summed E-state index contributed by atoms with van der Waals surface area (Å²) in [5, 5.41) is 15.8. The van der Waals surface area contributed by atoms with Crippen molar-refractivity contribution in [2.45, 2.75) is 12.8 Å². The lowest BCUT2D eigenvalue weighted by atomic mass is 10.2. The minimum Gasteiger partial charge on any atom is -0.335 e. The van der Waals surface area contributed by atoms with Crippen LogP contribution in [0.1, 0.15) is 17.5 Å². The highest BCUT2D eigenvalue weighted by atomic mass is 16.2. The van der Waals surface area contributed by atoms with E-state index in [0.717, 1.165) is 5.56 Å². The molecule has 1 aliphatic heterocycles. The van der Waals surface area contributed by atoms with Crippen LogP contribution in [-0.4, -0.2) is 25.6 Å². The number of carbonyl (C=O) groups is 1. The lowest BCUT2D eigenvalue weighted by Crippen LogP contribution is -2.44. The Morgan fingerprint density at radius 1 is 1.43 bits per heavy atom. The van der Waals surface area contributed by atoms with Crippen LogP contribution in [0.4, 0.5) is 0 Å². The van der Waals surface area contributed by atoms with Crippen molar-refractivity contribution in [3.05, 3.63) is 60.3 Å². The minimum atomic E-state index is -0.381. The standard InChI is InChI=1S/C14H12N6O/c15-8-12-3-2-11(9-16-12)10-19-7-4-13(21)18-14(19)20-6-1-5-17-20/h1-7,9,14H,10H2,(H,18,21). The number of hydrogen-bond donors (Lipinski definition) is 1. The van der Waals surface area contributed by atoms with Gasteiger partial charge >= 0.3 is 0 Å². The smallest absolute Gasteiger partial charge is 0.248 e. The highest BCUT2D eigenvalue weighted by Gasteiger charge is 2.23. The number of nitrogens with zero attached hydrogens (tertiary/aromatic N) is 5. The molecule has 0 saturated heterocycles. The van der Waals surface area contributed by atoms with E-state index in [1.807, 2.05) is 17.0 Å². The first-order chi connectivity index (χ1) is 10.3. The Hall–Kier alpha value is -3.14. The van der Waals surface area contributed by atoms with Crippen LogP contribution in [-0.2, 0) is 11.3 Å². The van der Waals surface area contributed by atoms with Gasteiger partial charge in [-0.15, -0.1) is 0 Å². The molecule has 0 radical (unpaired) electrons. The molecule has 21 heavy (non-hydrogen) atoms. The zero-order valence-electron chi connectivity index (χ0n) is 11.0. The average molecular weight is 280 g/mol. The molecule has 3 rings (SSSR count). The molecule has 0 fully saturated rings. The summed E-state index contributed by atoms with van der Waals surface area (Å²) in [6, 6.07) is 7.30. The molecule has 104 valence electrons. The first-order valence-corrected chi connectivity index (χ1v) is 6.35. The van der Waals surface area contributed by atoms with E-state index in [1.165, 1.54) is 6.08 Å². The molecule has 0 saturated carbocycles. The van der Waals surface area contributed by atoms with E-state index in [2.05, 4.69) is 15.4 Å². The number of nitriles is 1. The van der Waals surface area contributed by atoms with Gasteiger partial charge in [-0.3, -0.25) is 4.79 Å². The molecule has 1 amide bonds. The maximum absolute atomic E-state index is 11.5. The van der Waals surface area contributed by atoms with Crippen molar-refractivity contribution in [2.24, 2.45) is 0 Å². The molecule has 0 aliphatic carbocycles. The monoisotopic (exact) mass is 280 g/mol. The summed E-state index contributed by atoms with van der Waals surface area (Å²) in [4.78, 5) is 17.5. The largest absolute Gasteiger partial charge is 0.335 e. The van der Waals surface area contributed by atoms with Gasteiger partial charge in [-0.25, -0.2) is 9.67 Å². The maximum Gasteiger partial charge on any atom is 0.248 e. The Morgan fingerprint density at radius 3 is 3.00 bits per heavy atom. The number of hydrogen-bond acceptors (Lipinski definition) is 5. The highest BCUT2D eigenvalue weighted by Crippen LogP contribution is 2.17. The normalized spacial score (nSPS) is 17.4. The fourth-order valence-electron chi connectivity index (χ4n) is 2.08. The molecule has 3 heterocycles. The van der Waals surface area contributed by atoms with Crippen LogP contribution in [0.15, 0.2) is 49.1 Å². The van der Waals surface area contributed by atoms with E-state index >= 15 is 0 Å². The molecule has 1 unspecified atom stereocenters. The first-order valence-electron chi connectivity index (χ1n) is 6.35. The first kappa shape index (κ1) is 12.9. The predicted molar refractivity (Wildman–Crippen MR) is 73.0 cm³/mol. The quantitative estimate of drug-likeness (QED) is 0.896. The fraction of sp³-hybridized carbons (Fsp3) is 0.143. The third-order valence-electron chi connectivity index (χ3n) is 3.08. The van der Waals surface area contributed by atoms with Crippen LogP contribution in [0.5, 0.6) is 0 Å². The molecule has 0 bridgehead atoms. The molecule has 0 aromatic carbocycles. The van der Waals surface area contributed by atoms with Gasteiger partial charge in [-0.1, -0.05) is 6.07 Å². The molecule has 2 aromatic heterocycles. The lowest BCUT2D eigenvalue weighted by Gasteiger charge is -2.33. The summed E-state index contributed by atoms with van der Waals surface area (Å²) in [6.45, 7) is 0.542. The summed E-state index contributed by atoms with van der Waals surface area (Å²) < 4.78 is 1.67. The van der Waals surface area contributed by atoms with Gasteiger partial charge in [-0.05, 0) is 17.7 Å². The van der Waals surface area contributed by atoms with Crippen molar-refractivity contribution >= 4 is 5.91 Å². The van der Waals surface area contributed by atoms with Crippen molar-refractivity contribution in [3.63, 3.8) is 0 Å². The fourth-order valence-corrected chi connectivity index (χ4v) is 2.08. The van der Waals surface area contributed by atoms with Gasteiger partial charge < -0.3 is 10.2 Å². The maximum atomic E-state index is 11.5. The molecular formula is C14H12N6O. The van der Waals surface area contributed by atoms with Crippen LogP contribution in [0, 0.1) is 11.3 Å². The van der Waals surface area contributed by atoms with Crippen molar-refractivity contribution in [1.29, 1.82) is 5.26 Å². The summed E-state index contributed by atoms with van der Waals surface area (Å²) in [6.07, 6.45) is 7.91. The summed E-state index contributed by atoms with van der Waals surface area (Å²) in [5.41, 5.74) is 1.32. The summed E-state index contributed by atoms with van der Waals surface area (Å²) >= 11 is 0.